The fourth-order valence-corrected chi connectivity index (χ4v) is 4.93. The Morgan fingerprint density at radius 1 is 0.939 bits per heavy atom. The summed E-state index contributed by atoms with van der Waals surface area (Å²) in [7, 11) is -4.03. The highest BCUT2D eigenvalue weighted by atomic mass is 32.2. The largest absolute Gasteiger partial charge is 0.461 e. The molecule has 9 heteroatoms. The Bertz CT molecular complexity index is 1220. The summed E-state index contributed by atoms with van der Waals surface area (Å²) in [6, 6.07) is 21.0. The number of thiophene rings is 1. The van der Waals surface area contributed by atoms with Gasteiger partial charge in [-0.1, -0.05) is 60.7 Å². The third-order valence-corrected chi connectivity index (χ3v) is 7.30. The van der Waals surface area contributed by atoms with Crippen molar-refractivity contribution in [2.24, 2.45) is 0 Å². The van der Waals surface area contributed by atoms with Gasteiger partial charge in [0.25, 0.3) is 0 Å². The number of ether oxygens (including phenoxy) is 1. The number of carbonyl (C=O) groups excluding carboxylic acids is 3. The molecule has 0 fully saturated rings. The van der Waals surface area contributed by atoms with E-state index < -0.39 is 33.6 Å². The Hall–Kier alpha value is -3.30. The monoisotopic (exact) mass is 485 g/mol. The maximum atomic E-state index is 12.5. The second kappa shape index (κ2) is 11.0. The molecular weight excluding hydrogens is 462 g/mol. The highest BCUT2D eigenvalue weighted by Gasteiger charge is 2.24. The van der Waals surface area contributed by atoms with Crippen LogP contribution in [0, 0.1) is 0 Å². The third-order valence-electron chi connectivity index (χ3n) is 4.78. The van der Waals surface area contributed by atoms with Crippen LogP contribution >= 0.6 is 11.3 Å². The van der Waals surface area contributed by atoms with Crippen molar-refractivity contribution < 1.29 is 27.5 Å². The summed E-state index contributed by atoms with van der Waals surface area (Å²) < 4.78 is 31.6. The molecule has 1 amide bonds. The Labute approximate surface area is 196 Å². The summed E-state index contributed by atoms with van der Waals surface area (Å²) in [5.41, 5.74) is 1.32. The van der Waals surface area contributed by atoms with Crippen molar-refractivity contribution in [1.29, 1.82) is 0 Å². The summed E-state index contributed by atoms with van der Waals surface area (Å²) in [6.07, 6.45) is -0.376. The number of benzene rings is 2. The van der Waals surface area contributed by atoms with Crippen LogP contribution in [-0.4, -0.2) is 31.8 Å². The van der Waals surface area contributed by atoms with Crippen molar-refractivity contribution in [3.63, 3.8) is 0 Å². The zero-order valence-electron chi connectivity index (χ0n) is 17.9. The van der Waals surface area contributed by atoms with E-state index in [-0.39, 0.29) is 18.8 Å². The molecule has 0 aliphatic heterocycles. The number of esters is 1. The molecule has 0 radical (unpaired) electrons. The van der Waals surface area contributed by atoms with Crippen LogP contribution in [0.25, 0.3) is 0 Å². The normalized spacial score (nSPS) is 12.0. The van der Waals surface area contributed by atoms with Crippen molar-refractivity contribution in [1.82, 2.24) is 4.72 Å². The molecule has 1 atom stereocenters. The molecular formula is C24H23NO6S2. The van der Waals surface area contributed by atoms with Gasteiger partial charge >= 0.3 is 5.97 Å². The summed E-state index contributed by atoms with van der Waals surface area (Å²) >= 11 is 1.14. The van der Waals surface area contributed by atoms with Gasteiger partial charge in [0.1, 0.15) is 6.61 Å². The summed E-state index contributed by atoms with van der Waals surface area (Å²) in [5.74, 6) is -2.92. The molecule has 7 nitrogen and oxygen atoms in total. The first-order valence-corrected chi connectivity index (χ1v) is 12.7. The van der Waals surface area contributed by atoms with Crippen molar-refractivity contribution in [3.8, 4) is 0 Å². The maximum Gasteiger partial charge on any atom is 0.307 e. The van der Waals surface area contributed by atoms with Crippen LogP contribution in [0.5, 0.6) is 0 Å². The third kappa shape index (κ3) is 7.10. The van der Waals surface area contributed by atoms with Crippen LogP contribution in [0.4, 0.5) is 0 Å². The number of hydrogen-bond donors (Lipinski definition) is 1. The number of ketones is 1. The molecule has 1 heterocycles. The Balaban J connectivity index is 1.51. The first-order valence-electron chi connectivity index (χ1n) is 10.2. The molecule has 3 rings (SSSR count). The first kappa shape index (κ1) is 24.3. The summed E-state index contributed by atoms with van der Waals surface area (Å²) in [4.78, 5) is 37.9. The molecule has 3 aromatic rings. The Kier molecular flexibility index (Phi) is 8.13. The van der Waals surface area contributed by atoms with Crippen LogP contribution in [-0.2, 0) is 31.0 Å². The van der Waals surface area contributed by atoms with E-state index in [1.165, 1.54) is 0 Å². The van der Waals surface area contributed by atoms with Crippen molar-refractivity contribution in [2.45, 2.75) is 25.9 Å². The highest BCUT2D eigenvalue weighted by Crippen LogP contribution is 2.27. The topological polar surface area (TPSA) is 107 Å². The number of rotatable bonds is 10. The van der Waals surface area contributed by atoms with Gasteiger partial charge in [-0.2, -0.15) is 0 Å². The van der Waals surface area contributed by atoms with Gasteiger partial charge in [-0.25, -0.2) is 8.42 Å². The smallest absolute Gasteiger partial charge is 0.307 e. The minimum Gasteiger partial charge on any atom is -0.461 e. The Morgan fingerprint density at radius 3 is 2.24 bits per heavy atom. The van der Waals surface area contributed by atoms with Gasteiger partial charge in [0.05, 0.1) is 23.0 Å². The van der Waals surface area contributed by atoms with Crippen LogP contribution < -0.4 is 4.72 Å². The Morgan fingerprint density at radius 2 is 1.58 bits per heavy atom. The molecule has 2 aromatic carbocycles. The molecule has 0 spiro atoms. The number of amides is 1. The zero-order valence-corrected chi connectivity index (χ0v) is 19.5. The summed E-state index contributed by atoms with van der Waals surface area (Å²) in [6.45, 7) is 1.60. The van der Waals surface area contributed by atoms with E-state index >= 15 is 0 Å². The molecule has 1 unspecified atom stereocenters. The summed E-state index contributed by atoms with van der Waals surface area (Å²) in [5, 5.41) is 0. The fraction of sp³-hybridized carbons (Fsp3) is 0.208. The quantitative estimate of drug-likeness (QED) is 0.347. The predicted molar refractivity (Wildman–Crippen MR) is 125 cm³/mol. The molecule has 0 aliphatic carbocycles. The van der Waals surface area contributed by atoms with Gasteiger partial charge in [0, 0.05) is 10.4 Å². The molecule has 0 saturated carbocycles. The lowest BCUT2D eigenvalue weighted by Gasteiger charge is -2.11. The highest BCUT2D eigenvalue weighted by molar-refractivity contribution is 7.90. The van der Waals surface area contributed by atoms with Crippen LogP contribution in [0.3, 0.4) is 0 Å². The van der Waals surface area contributed by atoms with Gasteiger partial charge in [-0.3, -0.25) is 19.1 Å². The van der Waals surface area contributed by atoms with E-state index in [0.29, 0.717) is 15.3 Å². The molecule has 1 N–H and O–H groups in total. The molecule has 172 valence electrons. The number of nitrogens with one attached hydrogen (secondary N) is 1. The van der Waals surface area contributed by atoms with Gasteiger partial charge in [-0.15, -0.1) is 11.3 Å². The SMILES string of the molecule is CC(C(=O)NS(=O)(=O)CCC(=O)OCc1ccccc1)c1ccc(C(=O)c2ccccc2)s1. The lowest BCUT2D eigenvalue weighted by Crippen LogP contribution is -2.35. The zero-order chi connectivity index (χ0) is 23.8. The predicted octanol–water partition coefficient (Wildman–Crippen LogP) is 3.66. The van der Waals surface area contributed by atoms with E-state index in [0.717, 1.165) is 16.9 Å². The van der Waals surface area contributed by atoms with Crippen molar-refractivity contribution >= 4 is 39.0 Å². The number of hydrogen-bond acceptors (Lipinski definition) is 7. The van der Waals surface area contributed by atoms with E-state index in [2.05, 4.69) is 0 Å². The minimum absolute atomic E-state index is 0.0471. The number of sulfonamides is 1. The van der Waals surface area contributed by atoms with Crippen LogP contribution in [0.2, 0.25) is 0 Å². The van der Waals surface area contributed by atoms with E-state index in [4.69, 9.17) is 4.74 Å². The average molecular weight is 486 g/mol. The van der Waals surface area contributed by atoms with E-state index in [9.17, 15) is 22.8 Å². The lowest BCUT2D eigenvalue weighted by atomic mass is 10.1. The molecule has 33 heavy (non-hydrogen) atoms. The van der Waals surface area contributed by atoms with E-state index in [1.807, 2.05) is 16.9 Å². The standard InChI is InChI=1S/C24H23NO6S2/c1-17(20-12-13-21(32-20)23(27)19-10-6-3-7-11-19)24(28)25-33(29,30)15-14-22(26)31-16-18-8-4-2-5-9-18/h2-13,17H,14-16H2,1H3,(H,25,28). The average Bonchev–Trinajstić information content (AvgIpc) is 3.31. The fourth-order valence-electron chi connectivity index (χ4n) is 2.89. The van der Waals surface area contributed by atoms with Crippen LogP contribution in [0.1, 0.15) is 44.9 Å². The molecule has 0 saturated heterocycles. The van der Waals surface area contributed by atoms with Gasteiger partial charge in [-0.05, 0) is 24.6 Å². The lowest BCUT2D eigenvalue weighted by molar-refractivity contribution is -0.144. The van der Waals surface area contributed by atoms with Gasteiger partial charge < -0.3 is 4.74 Å². The van der Waals surface area contributed by atoms with Crippen LogP contribution in [0.15, 0.2) is 72.8 Å². The van der Waals surface area contributed by atoms with Gasteiger partial charge in [0.2, 0.25) is 21.7 Å². The molecule has 0 bridgehead atoms. The number of carbonyl (C=O) groups is 3. The van der Waals surface area contributed by atoms with Crippen molar-refractivity contribution in [3.05, 3.63) is 93.7 Å². The molecule has 0 aliphatic rings. The van der Waals surface area contributed by atoms with Crippen molar-refractivity contribution in [2.75, 3.05) is 5.75 Å². The second-order valence-electron chi connectivity index (χ2n) is 7.30. The first-order chi connectivity index (χ1) is 15.7. The maximum absolute atomic E-state index is 12.5. The minimum atomic E-state index is -4.03. The second-order valence-corrected chi connectivity index (χ2v) is 10.3. The van der Waals surface area contributed by atoms with E-state index in [1.54, 1.807) is 67.6 Å². The molecule has 1 aromatic heterocycles. The van der Waals surface area contributed by atoms with Gasteiger partial charge in [0.15, 0.2) is 0 Å².